The third-order valence-electron chi connectivity index (χ3n) is 12.8. The van der Waals surface area contributed by atoms with Gasteiger partial charge in [-0.25, -0.2) is 0 Å². The van der Waals surface area contributed by atoms with Crippen LogP contribution in [0.1, 0.15) is 303 Å². The highest BCUT2D eigenvalue weighted by Gasteiger charge is 2.18. The van der Waals surface area contributed by atoms with Gasteiger partial charge in [0.05, 0.1) is 25.4 Å². The van der Waals surface area contributed by atoms with Crippen molar-refractivity contribution in [1.82, 2.24) is 5.32 Å². The van der Waals surface area contributed by atoms with Crippen LogP contribution >= 0.6 is 0 Å². The third-order valence-corrected chi connectivity index (χ3v) is 12.8. The zero-order chi connectivity index (χ0) is 44.4. The van der Waals surface area contributed by atoms with Gasteiger partial charge >= 0.3 is 5.97 Å². The van der Waals surface area contributed by atoms with E-state index in [1.165, 1.54) is 218 Å². The highest BCUT2D eigenvalue weighted by atomic mass is 16.5. The van der Waals surface area contributed by atoms with Crippen LogP contribution in [-0.4, -0.2) is 47.4 Å². The Balaban J connectivity index is 3.47. The van der Waals surface area contributed by atoms with Crippen LogP contribution in [0.3, 0.4) is 0 Å². The Bertz CT molecular complexity index is 909. The maximum absolute atomic E-state index is 12.4. The lowest BCUT2D eigenvalue weighted by Gasteiger charge is -2.20. The zero-order valence-corrected chi connectivity index (χ0v) is 41.2. The Morgan fingerprint density at radius 1 is 0.443 bits per heavy atom. The van der Waals surface area contributed by atoms with Crippen molar-refractivity contribution in [3.05, 3.63) is 12.2 Å². The SMILES string of the molecule is CCCCCCCCCCCCCCCC/C=C/C(O)C(CO)NC(=O)CCCCCCCCCCCCCOC(=O)CCCCCCCCCCCCCCCCCCC. The van der Waals surface area contributed by atoms with Crippen LogP contribution in [0.25, 0.3) is 0 Å². The summed E-state index contributed by atoms with van der Waals surface area (Å²) in [5.74, 6) is -0.0955. The van der Waals surface area contributed by atoms with E-state index in [0.29, 0.717) is 19.4 Å². The molecular formula is C55H107NO5. The van der Waals surface area contributed by atoms with Crippen molar-refractivity contribution in [3.8, 4) is 0 Å². The third kappa shape index (κ3) is 47.9. The van der Waals surface area contributed by atoms with Gasteiger partial charge in [-0.15, -0.1) is 0 Å². The number of aliphatic hydroxyl groups excluding tert-OH is 2. The van der Waals surface area contributed by atoms with Crippen LogP contribution in [0.5, 0.6) is 0 Å². The summed E-state index contributed by atoms with van der Waals surface area (Å²) in [6.45, 7) is 4.88. The molecule has 362 valence electrons. The van der Waals surface area contributed by atoms with Gasteiger partial charge in [-0.3, -0.25) is 9.59 Å². The quantitative estimate of drug-likeness (QED) is 0.0322. The van der Waals surface area contributed by atoms with Crippen molar-refractivity contribution in [3.63, 3.8) is 0 Å². The van der Waals surface area contributed by atoms with E-state index in [0.717, 1.165) is 57.8 Å². The second kappa shape index (κ2) is 51.2. The summed E-state index contributed by atoms with van der Waals surface area (Å²) in [7, 11) is 0. The van der Waals surface area contributed by atoms with E-state index in [9.17, 15) is 19.8 Å². The summed E-state index contributed by atoms with van der Waals surface area (Å²) in [4.78, 5) is 24.5. The van der Waals surface area contributed by atoms with Crippen molar-refractivity contribution < 1.29 is 24.5 Å². The number of amides is 1. The number of unbranched alkanes of at least 4 members (excludes halogenated alkanes) is 40. The lowest BCUT2D eigenvalue weighted by Crippen LogP contribution is -2.45. The predicted octanol–water partition coefficient (Wildman–Crippen LogP) is 16.5. The maximum atomic E-state index is 12.4. The molecule has 0 aromatic carbocycles. The van der Waals surface area contributed by atoms with Gasteiger partial charge in [-0.05, 0) is 32.1 Å². The van der Waals surface area contributed by atoms with Gasteiger partial charge in [0.1, 0.15) is 0 Å². The fourth-order valence-corrected chi connectivity index (χ4v) is 8.58. The second-order valence-electron chi connectivity index (χ2n) is 18.9. The second-order valence-corrected chi connectivity index (χ2v) is 18.9. The Morgan fingerprint density at radius 3 is 1.11 bits per heavy atom. The summed E-state index contributed by atoms with van der Waals surface area (Å²) in [6, 6.07) is -0.640. The first kappa shape index (κ1) is 59.6. The van der Waals surface area contributed by atoms with Gasteiger partial charge in [0.25, 0.3) is 0 Å². The molecule has 3 N–H and O–H groups in total. The summed E-state index contributed by atoms with van der Waals surface area (Å²) in [5, 5.41) is 23.1. The lowest BCUT2D eigenvalue weighted by molar-refractivity contribution is -0.143. The van der Waals surface area contributed by atoms with Crippen molar-refractivity contribution in [1.29, 1.82) is 0 Å². The number of allylic oxidation sites excluding steroid dienone is 1. The smallest absolute Gasteiger partial charge is 0.305 e. The zero-order valence-electron chi connectivity index (χ0n) is 41.2. The highest BCUT2D eigenvalue weighted by molar-refractivity contribution is 5.76. The Labute approximate surface area is 380 Å². The molecule has 2 unspecified atom stereocenters. The molecule has 0 aliphatic heterocycles. The molecule has 0 saturated heterocycles. The van der Waals surface area contributed by atoms with E-state index >= 15 is 0 Å². The fraction of sp³-hybridized carbons (Fsp3) is 0.927. The molecule has 6 nitrogen and oxygen atoms in total. The van der Waals surface area contributed by atoms with Crippen LogP contribution in [0.15, 0.2) is 12.2 Å². The first-order chi connectivity index (χ1) is 30.0. The first-order valence-electron chi connectivity index (χ1n) is 27.5. The maximum Gasteiger partial charge on any atom is 0.305 e. The van der Waals surface area contributed by atoms with Gasteiger partial charge in [0.2, 0.25) is 5.91 Å². The molecule has 0 aromatic heterocycles. The first-order valence-corrected chi connectivity index (χ1v) is 27.5. The van der Waals surface area contributed by atoms with Crippen molar-refractivity contribution in [2.24, 2.45) is 0 Å². The van der Waals surface area contributed by atoms with E-state index < -0.39 is 12.1 Å². The minimum Gasteiger partial charge on any atom is -0.466 e. The number of nitrogens with one attached hydrogen (secondary N) is 1. The summed E-state index contributed by atoms with van der Waals surface area (Å²) in [5.41, 5.74) is 0. The lowest BCUT2D eigenvalue weighted by atomic mass is 10.0. The number of carbonyl (C=O) groups is 2. The molecule has 61 heavy (non-hydrogen) atoms. The van der Waals surface area contributed by atoms with Crippen LogP contribution < -0.4 is 5.32 Å². The monoisotopic (exact) mass is 862 g/mol. The van der Waals surface area contributed by atoms with Crippen LogP contribution in [0, 0.1) is 0 Å². The number of carbonyl (C=O) groups excluding carboxylic acids is 2. The average molecular weight is 862 g/mol. The molecular weight excluding hydrogens is 755 g/mol. The van der Waals surface area contributed by atoms with Crippen molar-refractivity contribution in [2.75, 3.05) is 13.2 Å². The normalized spacial score (nSPS) is 12.7. The molecule has 0 aromatic rings. The van der Waals surface area contributed by atoms with Gasteiger partial charge < -0.3 is 20.3 Å². The minimum atomic E-state index is -0.855. The summed E-state index contributed by atoms with van der Waals surface area (Å²) < 4.78 is 5.47. The molecule has 0 rings (SSSR count). The Kier molecular flexibility index (Phi) is 50.1. The number of esters is 1. The molecule has 0 aliphatic carbocycles. The number of rotatable bonds is 51. The van der Waals surface area contributed by atoms with E-state index in [4.69, 9.17) is 4.74 Å². The molecule has 0 saturated carbocycles. The standard InChI is InChI=1S/C55H107NO5/c1-3-5-7-9-11-13-15-17-19-21-23-25-29-33-37-41-45-49-55(60)61-50-46-42-38-34-30-26-28-32-36-40-44-48-54(59)56-52(51-57)53(58)47-43-39-35-31-27-24-22-20-18-16-14-12-10-8-6-4-2/h43,47,52-53,57-58H,3-42,44-46,48-51H2,1-2H3,(H,56,59)/b47-43+. The van der Waals surface area contributed by atoms with E-state index in [2.05, 4.69) is 19.2 Å². The van der Waals surface area contributed by atoms with Crippen molar-refractivity contribution >= 4 is 11.9 Å². The molecule has 0 radical (unpaired) electrons. The van der Waals surface area contributed by atoms with E-state index in [-0.39, 0.29) is 18.5 Å². The fourth-order valence-electron chi connectivity index (χ4n) is 8.58. The molecule has 0 spiro atoms. The number of hydrogen-bond acceptors (Lipinski definition) is 5. The van der Waals surface area contributed by atoms with Gasteiger partial charge in [-0.1, -0.05) is 270 Å². The number of hydrogen-bond donors (Lipinski definition) is 3. The number of aliphatic hydroxyl groups is 2. The largest absolute Gasteiger partial charge is 0.466 e. The predicted molar refractivity (Wildman–Crippen MR) is 264 cm³/mol. The van der Waals surface area contributed by atoms with Crippen molar-refractivity contribution in [2.45, 2.75) is 315 Å². The molecule has 6 heteroatoms. The molecule has 0 aliphatic rings. The van der Waals surface area contributed by atoms with Gasteiger partial charge in [-0.2, -0.15) is 0 Å². The molecule has 0 fully saturated rings. The van der Waals surface area contributed by atoms with Crippen LogP contribution in [-0.2, 0) is 14.3 Å². The topological polar surface area (TPSA) is 95.9 Å². The van der Waals surface area contributed by atoms with E-state index in [1.807, 2.05) is 6.08 Å². The van der Waals surface area contributed by atoms with Gasteiger partial charge in [0.15, 0.2) is 0 Å². The Morgan fingerprint density at radius 2 is 0.754 bits per heavy atom. The molecule has 0 bridgehead atoms. The van der Waals surface area contributed by atoms with E-state index in [1.54, 1.807) is 6.08 Å². The highest BCUT2D eigenvalue weighted by Crippen LogP contribution is 2.17. The summed E-state index contributed by atoms with van der Waals surface area (Å²) >= 11 is 0. The average Bonchev–Trinajstić information content (AvgIpc) is 3.26. The Hall–Kier alpha value is -1.40. The van der Waals surface area contributed by atoms with Crippen LogP contribution in [0.4, 0.5) is 0 Å². The van der Waals surface area contributed by atoms with Crippen LogP contribution in [0.2, 0.25) is 0 Å². The molecule has 1 amide bonds. The number of ether oxygens (including phenoxy) is 1. The van der Waals surface area contributed by atoms with Gasteiger partial charge in [0, 0.05) is 12.8 Å². The molecule has 2 atom stereocenters. The minimum absolute atomic E-state index is 0.0111. The molecule has 0 heterocycles. The summed E-state index contributed by atoms with van der Waals surface area (Å²) in [6.07, 6.45) is 59.3.